The lowest BCUT2D eigenvalue weighted by Gasteiger charge is -2.40. The number of nitrogens with one attached hydrogen (secondary N) is 2. The molecule has 2 rings (SSSR count). The molecule has 1 aliphatic heterocycles. The third-order valence-electron chi connectivity index (χ3n) is 5.36. The summed E-state index contributed by atoms with van der Waals surface area (Å²) in [6.07, 6.45) is 1.44. The van der Waals surface area contributed by atoms with Gasteiger partial charge in [-0.2, -0.15) is 0 Å². The van der Waals surface area contributed by atoms with Gasteiger partial charge in [-0.05, 0) is 42.9 Å². The number of carbonyl (C=O) groups is 1. The van der Waals surface area contributed by atoms with Crippen LogP contribution in [0.3, 0.4) is 0 Å². The highest BCUT2D eigenvalue weighted by Crippen LogP contribution is 2.20. The molecule has 1 aromatic rings. The van der Waals surface area contributed by atoms with E-state index in [0.29, 0.717) is 26.2 Å². The minimum atomic E-state index is -0.814. The standard InChI is InChI=1S/C25H42N2O5/c1-7-8-13-30-20-11-9-19(10-12-20)14-21(27-18(3)28)23(29)22-15-31-24(17(2)26-22)32-16-25(4,5)6/h9-12,17,21-24,26,29H,7-8,13-16H2,1-6H3,(H,27,28)/t17-,21-,22+,23-,24-/m0/s1. The monoisotopic (exact) mass is 450 g/mol. The van der Waals surface area contributed by atoms with Gasteiger partial charge in [-0.15, -0.1) is 0 Å². The highest BCUT2D eigenvalue weighted by Gasteiger charge is 2.36. The molecular weight excluding hydrogens is 408 g/mol. The van der Waals surface area contributed by atoms with E-state index >= 15 is 0 Å². The quantitative estimate of drug-likeness (QED) is 0.449. The van der Waals surface area contributed by atoms with Crippen molar-refractivity contribution in [2.45, 2.75) is 91.3 Å². The maximum Gasteiger partial charge on any atom is 0.217 e. The molecule has 5 atom stereocenters. The van der Waals surface area contributed by atoms with Crippen molar-refractivity contribution in [2.24, 2.45) is 5.41 Å². The molecule has 1 aliphatic rings. The van der Waals surface area contributed by atoms with E-state index in [1.807, 2.05) is 31.2 Å². The van der Waals surface area contributed by atoms with Crippen LogP contribution in [-0.2, 0) is 20.7 Å². The summed E-state index contributed by atoms with van der Waals surface area (Å²) < 4.78 is 17.5. The van der Waals surface area contributed by atoms with Gasteiger partial charge in [-0.1, -0.05) is 46.2 Å². The highest BCUT2D eigenvalue weighted by atomic mass is 16.7. The minimum absolute atomic E-state index is 0.0481. The Bertz CT molecular complexity index is 689. The van der Waals surface area contributed by atoms with Gasteiger partial charge >= 0.3 is 0 Å². The molecule has 0 aromatic heterocycles. The van der Waals surface area contributed by atoms with Crippen molar-refractivity contribution in [1.82, 2.24) is 10.6 Å². The van der Waals surface area contributed by atoms with E-state index in [1.54, 1.807) is 0 Å². The fraction of sp³-hybridized carbons (Fsp3) is 0.720. The average Bonchev–Trinajstić information content (AvgIpc) is 2.72. The Morgan fingerprint density at radius 1 is 1.31 bits per heavy atom. The lowest BCUT2D eigenvalue weighted by atomic mass is 9.95. The van der Waals surface area contributed by atoms with Crippen molar-refractivity contribution in [3.05, 3.63) is 29.8 Å². The normalized spacial score (nSPS) is 23.4. The van der Waals surface area contributed by atoms with Gasteiger partial charge in [0.2, 0.25) is 5.91 Å². The van der Waals surface area contributed by atoms with Crippen molar-refractivity contribution in [2.75, 3.05) is 19.8 Å². The fourth-order valence-corrected chi connectivity index (χ4v) is 3.64. The minimum Gasteiger partial charge on any atom is -0.494 e. The van der Waals surface area contributed by atoms with Gasteiger partial charge in [0.1, 0.15) is 5.75 Å². The number of benzene rings is 1. The topological polar surface area (TPSA) is 89.1 Å². The average molecular weight is 451 g/mol. The summed E-state index contributed by atoms with van der Waals surface area (Å²) in [5, 5.41) is 17.4. The molecule has 7 heteroatoms. The third-order valence-corrected chi connectivity index (χ3v) is 5.36. The van der Waals surface area contributed by atoms with Crippen molar-refractivity contribution < 1.29 is 24.1 Å². The maximum atomic E-state index is 11.8. The molecule has 0 aliphatic carbocycles. The molecular formula is C25H42N2O5. The van der Waals surface area contributed by atoms with E-state index in [-0.39, 0.29) is 29.7 Å². The first-order chi connectivity index (χ1) is 15.1. The van der Waals surface area contributed by atoms with Crippen LogP contribution in [0.2, 0.25) is 0 Å². The van der Waals surface area contributed by atoms with E-state index in [1.165, 1.54) is 6.92 Å². The summed E-state index contributed by atoms with van der Waals surface area (Å²) in [5.74, 6) is 0.654. The number of morpholine rings is 1. The Morgan fingerprint density at radius 2 is 2.00 bits per heavy atom. The number of ether oxygens (including phenoxy) is 3. The molecule has 0 unspecified atom stereocenters. The van der Waals surface area contributed by atoms with Crippen LogP contribution in [0.5, 0.6) is 5.75 Å². The van der Waals surface area contributed by atoms with Crippen molar-refractivity contribution in [1.29, 1.82) is 0 Å². The van der Waals surface area contributed by atoms with Crippen LogP contribution in [0.25, 0.3) is 0 Å². The number of aliphatic hydroxyl groups excluding tert-OH is 1. The summed E-state index contributed by atoms with van der Waals surface area (Å²) in [4.78, 5) is 11.8. The van der Waals surface area contributed by atoms with Crippen molar-refractivity contribution >= 4 is 5.91 Å². The number of hydrogen-bond donors (Lipinski definition) is 3. The molecule has 1 heterocycles. The van der Waals surface area contributed by atoms with Crippen LogP contribution in [-0.4, -0.2) is 61.4 Å². The molecule has 1 aromatic carbocycles. The number of carbonyl (C=O) groups excluding carboxylic acids is 1. The van der Waals surface area contributed by atoms with Crippen LogP contribution >= 0.6 is 0 Å². The molecule has 3 N–H and O–H groups in total. The van der Waals surface area contributed by atoms with Gasteiger partial charge < -0.3 is 30.0 Å². The zero-order chi connectivity index (χ0) is 23.7. The van der Waals surface area contributed by atoms with Crippen LogP contribution in [0.15, 0.2) is 24.3 Å². The number of unbranched alkanes of at least 4 members (excludes halogenated alkanes) is 1. The van der Waals surface area contributed by atoms with Crippen molar-refractivity contribution in [3.63, 3.8) is 0 Å². The first kappa shape index (κ1) is 26.6. The summed E-state index contributed by atoms with van der Waals surface area (Å²) >= 11 is 0. The Kier molecular flexibility index (Phi) is 10.4. The summed E-state index contributed by atoms with van der Waals surface area (Å²) in [6.45, 7) is 13.5. The second-order valence-corrected chi connectivity index (χ2v) is 9.98. The van der Waals surface area contributed by atoms with Gasteiger partial charge in [0.15, 0.2) is 6.29 Å². The lowest BCUT2D eigenvalue weighted by molar-refractivity contribution is -0.201. The largest absolute Gasteiger partial charge is 0.494 e. The lowest BCUT2D eigenvalue weighted by Crippen LogP contribution is -2.62. The molecule has 1 saturated heterocycles. The van der Waals surface area contributed by atoms with Gasteiger partial charge in [-0.3, -0.25) is 4.79 Å². The van der Waals surface area contributed by atoms with E-state index in [9.17, 15) is 9.90 Å². The number of aliphatic hydroxyl groups is 1. The Labute approximate surface area is 193 Å². The summed E-state index contributed by atoms with van der Waals surface area (Å²) in [5.41, 5.74) is 1.06. The smallest absolute Gasteiger partial charge is 0.217 e. The second-order valence-electron chi connectivity index (χ2n) is 9.98. The summed E-state index contributed by atoms with van der Waals surface area (Å²) in [6, 6.07) is 6.99. The zero-order valence-electron chi connectivity index (χ0n) is 20.5. The molecule has 1 amide bonds. The molecule has 1 fully saturated rings. The third kappa shape index (κ3) is 9.06. The Hall–Kier alpha value is -1.67. The second kappa shape index (κ2) is 12.5. The maximum absolute atomic E-state index is 11.8. The molecule has 32 heavy (non-hydrogen) atoms. The molecule has 7 nitrogen and oxygen atoms in total. The van der Waals surface area contributed by atoms with Gasteiger partial charge in [0.25, 0.3) is 0 Å². The van der Waals surface area contributed by atoms with E-state index < -0.39 is 12.1 Å². The molecule has 0 spiro atoms. The van der Waals surface area contributed by atoms with Gasteiger partial charge in [-0.25, -0.2) is 0 Å². The molecule has 182 valence electrons. The van der Waals surface area contributed by atoms with E-state index in [0.717, 1.165) is 24.2 Å². The SMILES string of the molecule is CCCCOc1ccc(C[C@H](NC(C)=O)[C@H](O)[C@H]2CO[C@@H](OCC(C)(C)C)[C@H](C)N2)cc1. The van der Waals surface area contributed by atoms with Crippen LogP contribution in [0.1, 0.15) is 59.9 Å². The first-order valence-corrected chi connectivity index (χ1v) is 11.7. The van der Waals surface area contributed by atoms with Crippen LogP contribution < -0.4 is 15.4 Å². The Balaban J connectivity index is 1.96. The predicted molar refractivity (Wildman–Crippen MR) is 126 cm³/mol. The molecule has 0 bridgehead atoms. The predicted octanol–water partition coefficient (Wildman–Crippen LogP) is 3.04. The van der Waals surface area contributed by atoms with Crippen molar-refractivity contribution in [3.8, 4) is 5.75 Å². The highest BCUT2D eigenvalue weighted by molar-refractivity contribution is 5.73. The number of amides is 1. The number of rotatable bonds is 11. The Morgan fingerprint density at radius 3 is 2.56 bits per heavy atom. The van der Waals surface area contributed by atoms with Gasteiger partial charge in [0, 0.05) is 6.92 Å². The van der Waals surface area contributed by atoms with Gasteiger partial charge in [0.05, 0.1) is 44.1 Å². The molecule has 0 radical (unpaired) electrons. The zero-order valence-corrected chi connectivity index (χ0v) is 20.5. The van der Waals surface area contributed by atoms with Crippen LogP contribution in [0, 0.1) is 5.41 Å². The summed E-state index contributed by atoms with van der Waals surface area (Å²) in [7, 11) is 0. The molecule has 0 saturated carbocycles. The van der Waals surface area contributed by atoms with Crippen LogP contribution in [0.4, 0.5) is 0 Å². The van der Waals surface area contributed by atoms with E-state index in [4.69, 9.17) is 14.2 Å². The fourth-order valence-electron chi connectivity index (χ4n) is 3.64. The van der Waals surface area contributed by atoms with E-state index in [2.05, 4.69) is 38.3 Å². The first-order valence-electron chi connectivity index (χ1n) is 11.7. The number of hydrogen-bond acceptors (Lipinski definition) is 6.